The number of nitrogens with one attached hydrogen (secondary N) is 1. The summed E-state index contributed by atoms with van der Waals surface area (Å²) < 4.78 is 39.8. The van der Waals surface area contributed by atoms with Crippen molar-refractivity contribution in [3.63, 3.8) is 0 Å². The number of methoxy groups -OCH3 is 2. The summed E-state index contributed by atoms with van der Waals surface area (Å²) in [4.78, 5) is 28.5. The van der Waals surface area contributed by atoms with Crippen LogP contribution in [0.2, 0.25) is 5.02 Å². The van der Waals surface area contributed by atoms with E-state index in [1.54, 1.807) is 49.4 Å². The van der Waals surface area contributed by atoms with Crippen LogP contribution in [0.25, 0.3) is 0 Å². The first-order valence-corrected chi connectivity index (χ1v) is 14.8. The van der Waals surface area contributed by atoms with E-state index in [9.17, 15) is 18.0 Å². The van der Waals surface area contributed by atoms with Gasteiger partial charge in [-0.05, 0) is 75.7 Å². The normalized spacial score (nSPS) is 12.0. The van der Waals surface area contributed by atoms with Crippen LogP contribution >= 0.6 is 11.6 Å². The van der Waals surface area contributed by atoms with Gasteiger partial charge in [0.25, 0.3) is 10.0 Å². The second-order valence-corrected chi connectivity index (χ2v) is 12.2. The summed E-state index contributed by atoms with van der Waals surface area (Å²) in [6.07, 6.45) is 0. The average molecular weight is 602 g/mol. The van der Waals surface area contributed by atoms with Crippen molar-refractivity contribution >= 4 is 39.1 Å². The summed E-state index contributed by atoms with van der Waals surface area (Å²) in [5.74, 6) is -0.175. The van der Waals surface area contributed by atoms with Gasteiger partial charge in [0.05, 0.1) is 24.8 Å². The number of anilines is 1. The lowest BCUT2D eigenvalue weighted by Gasteiger charge is -2.32. The summed E-state index contributed by atoms with van der Waals surface area (Å²) >= 11 is 6.27. The Labute approximate surface area is 247 Å². The van der Waals surface area contributed by atoms with Crippen LogP contribution in [0.15, 0.2) is 71.6 Å². The van der Waals surface area contributed by atoms with Crippen LogP contribution in [0, 0.1) is 6.92 Å². The summed E-state index contributed by atoms with van der Waals surface area (Å²) in [6.45, 7) is 6.51. The molecule has 41 heavy (non-hydrogen) atoms. The van der Waals surface area contributed by atoms with Gasteiger partial charge in [0.2, 0.25) is 11.8 Å². The molecule has 0 aromatic heterocycles. The molecule has 0 fully saturated rings. The Morgan fingerprint density at radius 3 is 2.24 bits per heavy atom. The molecule has 11 heteroatoms. The first-order valence-electron chi connectivity index (χ1n) is 13.0. The lowest BCUT2D eigenvalue weighted by molar-refractivity contribution is -0.139. The number of hydrogen-bond donors (Lipinski definition) is 1. The van der Waals surface area contributed by atoms with E-state index in [1.807, 2.05) is 20.8 Å². The predicted molar refractivity (Wildman–Crippen MR) is 160 cm³/mol. The maximum absolute atomic E-state index is 14.1. The number of rotatable bonds is 12. The van der Waals surface area contributed by atoms with Crippen LogP contribution in [-0.2, 0) is 26.2 Å². The number of aryl methyl sites for hydroxylation is 1. The lowest BCUT2D eigenvalue weighted by Crippen LogP contribution is -2.52. The fraction of sp³-hybridized carbons (Fsp3) is 0.333. The standard InChI is InChI=1S/C30H36ClN3O6S/c1-20(2)32-30(36)22(4)33(18-23-8-7-9-25(16-23)39-5)29(35)19-34(27-17-24(31)12-15-28(27)40-6)41(37,38)26-13-10-21(3)11-14-26/h7-17,20,22H,18-19H2,1-6H3,(H,32,36)/t22-/m1/s1. The third-order valence-corrected chi connectivity index (χ3v) is 8.39. The second-order valence-electron chi connectivity index (χ2n) is 9.85. The number of amides is 2. The molecule has 1 N–H and O–H groups in total. The number of hydrogen-bond acceptors (Lipinski definition) is 6. The van der Waals surface area contributed by atoms with Crippen molar-refractivity contribution in [1.29, 1.82) is 0 Å². The van der Waals surface area contributed by atoms with E-state index >= 15 is 0 Å². The number of nitrogens with zero attached hydrogens (tertiary/aromatic N) is 2. The van der Waals surface area contributed by atoms with Crippen molar-refractivity contribution in [2.75, 3.05) is 25.1 Å². The summed E-state index contributed by atoms with van der Waals surface area (Å²) in [5.41, 5.74) is 1.67. The zero-order valence-corrected chi connectivity index (χ0v) is 25.6. The highest BCUT2D eigenvalue weighted by atomic mass is 35.5. The predicted octanol–water partition coefficient (Wildman–Crippen LogP) is 4.80. The van der Waals surface area contributed by atoms with Gasteiger partial charge in [0, 0.05) is 17.6 Å². The van der Waals surface area contributed by atoms with Gasteiger partial charge in [-0.1, -0.05) is 41.4 Å². The Morgan fingerprint density at radius 2 is 1.63 bits per heavy atom. The Bertz CT molecular complexity index is 1480. The first kappa shape index (κ1) is 31.8. The van der Waals surface area contributed by atoms with Gasteiger partial charge < -0.3 is 19.7 Å². The molecular weight excluding hydrogens is 566 g/mol. The summed E-state index contributed by atoms with van der Waals surface area (Å²) in [7, 11) is -1.33. The minimum atomic E-state index is -4.27. The molecule has 0 heterocycles. The van der Waals surface area contributed by atoms with E-state index < -0.39 is 28.5 Å². The van der Waals surface area contributed by atoms with Crippen molar-refractivity contribution in [3.8, 4) is 11.5 Å². The van der Waals surface area contributed by atoms with Crippen LogP contribution in [-0.4, -0.2) is 58.0 Å². The fourth-order valence-electron chi connectivity index (χ4n) is 4.16. The van der Waals surface area contributed by atoms with Crippen LogP contribution in [0.3, 0.4) is 0 Å². The molecule has 1 atom stereocenters. The summed E-state index contributed by atoms with van der Waals surface area (Å²) in [6, 6.07) is 16.9. The number of halogens is 1. The Morgan fingerprint density at radius 1 is 0.951 bits per heavy atom. The molecule has 0 spiro atoms. The second kappa shape index (κ2) is 13.7. The maximum Gasteiger partial charge on any atom is 0.264 e. The Kier molecular flexibility index (Phi) is 10.6. The smallest absolute Gasteiger partial charge is 0.264 e. The SMILES string of the molecule is COc1cccc(CN(C(=O)CN(c2cc(Cl)ccc2OC)S(=O)(=O)c2ccc(C)cc2)[C@H](C)C(=O)NC(C)C)c1. The zero-order chi connectivity index (χ0) is 30.3. The van der Waals surface area contributed by atoms with E-state index in [0.717, 1.165) is 9.87 Å². The van der Waals surface area contributed by atoms with Gasteiger partial charge in [-0.3, -0.25) is 13.9 Å². The van der Waals surface area contributed by atoms with Crippen molar-refractivity contribution < 1.29 is 27.5 Å². The van der Waals surface area contributed by atoms with E-state index in [4.69, 9.17) is 21.1 Å². The molecule has 220 valence electrons. The van der Waals surface area contributed by atoms with Crippen molar-refractivity contribution in [2.24, 2.45) is 0 Å². The number of benzene rings is 3. The molecule has 3 rings (SSSR count). The van der Waals surface area contributed by atoms with Crippen LogP contribution < -0.4 is 19.1 Å². The van der Waals surface area contributed by atoms with Crippen molar-refractivity contribution in [2.45, 2.75) is 51.2 Å². The molecule has 3 aromatic carbocycles. The van der Waals surface area contributed by atoms with E-state index in [2.05, 4.69) is 5.32 Å². The molecule has 9 nitrogen and oxygen atoms in total. The number of carbonyl (C=O) groups excluding carboxylic acids is 2. The van der Waals surface area contributed by atoms with Gasteiger partial charge in [0.1, 0.15) is 24.1 Å². The average Bonchev–Trinajstić information content (AvgIpc) is 2.94. The molecule has 2 amide bonds. The number of carbonyl (C=O) groups is 2. The topological polar surface area (TPSA) is 105 Å². The Hall–Kier alpha value is -3.76. The van der Waals surface area contributed by atoms with Crippen LogP contribution in [0.5, 0.6) is 11.5 Å². The van der Waals surface area contributed by atoms with E-state index in [1.165, 1.54) is 43.4 Å². The van der Waals surface area contributed by atoms with E-state index in [-0.39, 0.29) is 39.8 Å². The fourth-order valence-corrected chi connectivity index (χ4v) is 5.75. The third kappa shape index (κ3) is 7.92. The third-order valence-electron chi connectivity index (χ3n) is 6.38. The zero-order valence-electron chi connectivity index (χ0n) is 24.0. The molecule has 0 aliphatic rings. The molecule has 0 radical (unpaired) electrons. The number of sulfonamides is 1. The molecule has 3 aromatic rings. The van der Waals surface area contributed by atoms with Gasteiger partial charge in [0.15, 0.2) is 0 Å². The quantitative estimate of drug-likeness (QED) is 0.320. The molecule has 0 bridgehead atoms. The molecule has 0 aliphatic heterocycles. The molecule has 0 saturated carbocycles. The highest BCUT2D eigenvalue weighted by Crippen LogP contribution is 2.35. The monoisotopic (exact) mass is 601 g/mol. The van der Waals surface area contributed by atoms with Gasteiger partial charge in [-0.25, -0.2) is 8.42 Å². The minimum absolute atomic E-state index is 0.0112. The molecule has 0 aliphatic carbocycles. The maximum atomic E-state index is 14.1. The Balaban J connectivity index is 2.11. The number of ether oxygens (including phenoxy) is 2. The highest BCUT2D eigenvalue weighted by molar-refractivity contribution is 7.92. The van der Waals surface area contributed by atoms with Crippen LogP contribution in [0.1, 0.15) is 31.9 Å². The van der Waals surface area contributed by atoms with Crippen molar-refractivity contribution in [1.82, 2.24) is 10.2 Å². The largest absolute Gasteiger partial charge is 0.497 e. The molecule has 0 saturated heterocycles. The lowest BCUT2D eigenvalue weighted by atomic mass is 10.1. The minimum Gasteiger partial charge on any atom is -0.497 e. The highest BCUT2D eigenvalue weighted by Gasteiger charge is 2.34. The van der Waals surface area contributed by atoms with Gasteiger partial charge in [-0.2, -0.15) is 0 Å². The van der Waals surface area contributed by atoms with E-state index in [0.29, 0.717) is 11.3 Å². The summed E-state index contributed by atoms with van der Waals surface area (Å²) in [5, 5.41) is 3.09. The molecule has 0 unspecified atom stereocenters. The van der Waals surface area contributed by atoms with Crippen molar-refractivity contribution in [3.05, 3.63) is 82.9 Å². The van der Waals surface area contributed by atoms with Gasteiger partial charge >= 0.3 is 0 Å². The van der Waals surface area contributed by atoms with Crippen LogP contribution in [0.4, 0.5) is 5.69 Å². The first-order chi connectivity index (χ1) is 19.4. The molecular formula is C30H36ClN3O6S. The van der Waals surface area contributed by atoms with Gasteiger partial charge in [-0.15, -0.1) is 0 Å².